The van der Waals surface area contributed by atoms with Gasteiger partial charge in [-0.1, -0.05) is 29.8 Å². The third-order valence-corrected chi connectivity index (χ3v) is 7.58. The number of esters is 1. The molecule has 3 rings (SSSR count). The van der Waals surface area contributed by atoms with E-state index in [9.17, 15) is 17.6 Å². The molecule has 0 aromatic heterocycles. The fourth-order valence-electron chi connectivity index (χ4n) is 3.66. The largest absolute Gasteiger partial charge is 0.493 e. The van der Waals surface area contributed by atoms with Crippen molar-refractivity contribution in [2.45, 2.75) is 10.9 Å². The van der Waals surface area contributed by atoms with Gasteiger partial charge in [0.2, 0.25) is 10.0 Å². The Morgan fingerprint density at radius 1 is 1.03 bits per heavy atom. The van der Waals surface area contributed by atoms with Crippen LogP contribution in [0.5, 0.6) is 11.5 Å². The first-order valence-corrected chi connectivity index (χ1v) is 11.5. The van der Waals surface area contributed by atoms with Crippen LogP contribution < -0.4 is 9.47 Å². The molecule has 1 aliphatic rings. The van der Waals surface area contributed by atoms with Gasteiger partial charge >= 0.3 is 5.97 Å². The molecule has 174 valence electrons. The molecule has 0 amide bonds. The van der Waals surface area contributed by atoms with Gasteiger partial charge in [-0.15, -0.1) is 0 Å². The number of rotatable bonds is 7. The standard InChI is InChI=1S/C21H24ClFN2O6S/c1-29-17-12-16(23)19(13-18(17)30-2)32(27,28)25-10-8-24(9-11-25)20(21(26)31-3)14-6-4-5-7-15(14)22/h4-7,12-13,20H,8-11H2,1-3H3. The number of ether oxygens (including phenoxy) is 3. The molecule has 1 aliphatic heterocycles. The number of methoxy groups -OCH3 is 3. The molecule has 8 nitrogen and oxygen atoms in total. The first-order valence-electron chi connectivity index (χ1n) is 9.72. The number of sulfonamides is 1. The maximum Gasteiger partial charge on any atom is 0.327 e. The molecule has 0 saturated carbocycles. The summed E-state index contributed by atoms with van der Waals surface area (Å²) in [5, 5.41) is 0.408. The summed E-state index contributed by atoms with van der Waals surface area (Å²) >= 11 is 6.29. The van der Waals surface area contributed by atoms with E-state index in [0.717, 1.165) is 12.1 Å². The Morgan fingerprint density at radius 2 is 1.62 bits per heavy atom. The Labute approximate surface area is 191 Å². The topological polar surface area (TPSA) is 85.4 Å². The third kappa shape index (κ3) is 4.68. The zero-order chi connectivity index (χ0) is 23.5. The lowest BCUT2D eigenvalue weighted by atomic mass is 10.0. The number of benzene rings is 2. The van der Waals surface area contributed by atoms with E-state index in [4.69, 9.17) is 25.8 Å². The maximum atomic E-state index is 14.6. The van der Waals surface area contributed by atoms with Gasteiger partial charge in [-0.2, -0.15) is 4.31 Å². The molecule has 1 unspecified atom stereocenters. The zero-order valence-corrected chi connectivity index (χ0v) is 19.5. The second kappa shape index (κ2) is 10.0. The highest BCUT2D eigenvalue weighted by Gasteiger charge is 2.37. The smallest absolute Gasteiger partial charge is 0.327 e. The molecule has 0 spiro atoms. The van der Waals surface area contributed by atoms with Crippen LogP contribution in [-0.4, -0.2) is 71.1 Å². The summed E-state index contributed by atoms with van der Waals surface area (Å²) in [4.78, 5) is 13.8. The number of nitrogens with zero attached hydrogens (tertiary/aromatic N) is 2. The normalized spacial score (nSPS) is 16.4. The third-order valence-electron chi connectivity index (χ3n) is 5.32. The summed E-state index contributed by atoms with van der Waals surface area (Å²) in [5.74, 6) is -1.24. The average Bonchev–Trinajstić information content (AvgIpc) is 2.80. The number of piperazine rings is 1. The molecule has 0 bridgehead atoms. The van der Waals surface area contributed by atoms with Crippen LogP contribution in [0, 0.1) is 5.82 Å². The lowest BCUT2D eigenvalue weighted by Crippen LogP contribution is -2.51. The summed E-state index contributed by atoms with van der Waals surface area (Å²) in [5.41, 5.74) is 0.572. The number of carbonyl (C=O) groups is 1. The van der Waals surface area contributed by atoms with Crippen LogP contribution in [0.15, 0.2) is 41.3 Å². The first kappa shape index (κ1) is 24.2. The van der Waals surface area contributed by atoms with Gasteiger partial charge < -0.3 is 14.2 Å². The van der Waals surface area contributed by atoms with Crippen LogP contribution in [0.4, 0.5) is 4.39 Å². The summed E-state index contributed by atoms with van der Waals surface area (Å²) in [7, 11) is -0.185. The number of carbonyl (C=O) groups excluding carboxylic acids is 1. The van der Waals surface area contributed by atoms with Gasteiger partial charge in [-0.05, 0) is 11.6 Å². The van der Waals surface area contributed by atoms with Crippen molar-refractivity contribution in [2.24, 2.45) is 0 Å². The minimum absolute atomic E-state index is 0.0497. The SMILES string of the molecule is COC(=O)C(c1ccccc1Cl)N1CCN(S(=O)(=O)c2cc(OC)c(OC)cc2F)CC1. The molecule has 0 radical (unpaired) electrons. The summed E-state index contributed by atoms with van der Waals surface area (Å²) in [6, 6.07) is 8.22. The molecule has 1 atom stereocenters. The van der Waals surface area contributed by atoms with E-state index in [1.165, 1.54) is 25.6 Å². The molecule has 2 aromatic carbocycles. The Balaban J connectivity index is 1.84. The molecule has 1 heterocycles. The number of hydrogen-bond acceptors (Lipinski definition) is 7. The second-order valence-corrected chi connectivity index (χ2v) is 9.34. The molecule has 1 fully saturated rings. The van der Waals surface area contributed by atoms with Crippen LogP contribution in [0.3, 0.4) is 0 Å². The Morgan fingerprint density at radius 3 is 2.19 bits per heavy atom. The fourth-order valence-corrected chi connectivity index (χ4v) is 5.38. The van der Waals surface area contributed by atoms with E-state index >= 15 is 0 Å². The van der Waals surface area contributed by atoms with Crippen molar-refractivity contribution in [3.05, 3.63) is 52.8 Å². The summed E-state index contributed by atoms with van der Waals surface area (Å²) in [6.45, 7) is 0.542. The molecular formula is C21H24ClFN2O6S. The van der Waals surface area contributed by atoms with Crippen LogP contribution in [0.2, 0.25) is 5.02 Å². The van der Waals surface area contributed by atoms with Crippen LogP contribution in [0.25, 0.3) is 0 Å². The van der Waals surface area contributed by atoms with Gasteiger partial charge in [0.25, 0.3) is 0 Å². The van der Waals surface area contributed by atoms with Crippen molar-refractivity contribution in [1.29, 1.82) is 0 Å². The predicted molar refractivity (Wildman–Crippen MR) is 116 cm³/mol. The van der Waals surface area contributed by atoms with E-state index in [1.54, 1.807) is 29.2 Å². The molecular weight excluding hydrogens is 463 g/mol. The monoisotopic (exact) mass is 486 g/mol. The maximum absolute atomic E-state index is 14.6. The van der Waals surface area contributed by atoms with Gasteiger partial charge in [-0.25, -0.2) is 17.6 Å². The van der Waals surface area contributed by atoms with Crippen molar-refractivity contribution >= 4 is 27.6 Å². The molecule has 1 saturated heterocycles. The second-order valence-electron chi connectivity index (χ2n) is 7.02. The Hall–Kier alpha value is -2.40. The van der Waals surface area contributed by atoms with E-state index in [1.807, 2.05) is 0 Å². The van der Waals surface area contributed by atoms with Gasteiger partial charge in [0.15, 0.2) is 11.5 Å². The number of halogens is 2. The highest BCUT2D eigenvalue weighted by molar-refractivity contribution is 7.89. The summed E-state index contributed by atoms with van der Waals surface area (Å²) in [6.07, 6.45) is 0. The first-order chi connectivity index (χ1) is 15.2. The van der Waals surface area contributed by atoms with E-state index in [0.29, 0.717) is 10.6 Å². The molecule has 32 heavy (non-hydrogen) atoms. The predicted octanol–water partition coefficient (Wildman–Crippen LogP) is 2.72. The Bertz CT molecular complexity index is 1090. The highest BCUT2D eigenvalue weighted by atomic mass is 35.5. The van der Waals surface area contributed by atoms with Gasteiger partial charge in [-0.3, -0.25) is 4.90 Å². The zero-order valence-electron chi connectivity index (χ0n) is 17.9. The molecule has 0 N–H and O–H groups in total. The van der Waals surface area contributed by atoms with Crippen molar-refractivity contribution in [1.82, 2.24) is 9.21 Å². The van der Waals surface area contributed by atoms with Crippen LogP contribution in [-0.2, 0) is 19.6 Å². The highest BCUT2D eigenvalue weighted by Crippen LogP contribution is 2.34. The van der Waals surface area contributed by atoms with E-state index in [-0.39, 0.29) is 37.7 Å². The van der Waals surface area contributed by atoms with Crippen molar-refractivity contribution in [3.63, 3.8) is 0 Å². The lowest BCUT2D eigenvalue weighted by Gasteiger charge is -2.37. The Kier molecular flexibility index (Phi) is 7.60. The van der Waals surface area contributed by atoms with Crippen molar-refractivity contribution in [2.75, 3.05) is 47.5 Å². The van der Waals surface area contributed by atoms with Crippen LogP contribution >= 0.6 is 11.6 Å². The van der Waals surface area contributed by atoms with Crippen molar-refractivity contribution < 1.29 is 31.8 Å². The van der Waals surface area contributed by atoms with Gasteiger partial charge in [0, 0.05) is 43.3 Å². The van der Waals surface area contributed by atoms with E-state index in [2.05, 4.69) is 0 Å². The molecule has 11 heteroatoms. The minimum Gasteiger partial charge on any atom is -0.493 e. The van der Waals surface area contributed by atoms with E-state index < -0.39 is 32.7 Å². The molecule has 0 aliphatic carbocycles. The van der Waals surface area contributed by atoms with Gasteiger partial charge in [0.1, 0.15) is 16.8 Å². The van der Waals surface area contributed by atoms with Gasteiger partial charge in [0.05, 0.1) is 21.3 Å². The fraction of sp³-hybridized carbons (Fsp3) is 0.381. The lowest BCUT2D eigenvalue weighted by molar-refractivity contribution is -0.147. The summed E-state index contributed by atoms with van der Waals surface area (Å²) < 4.78 is 57.1. The minimum atomic E-state index is -4.14. The quantitative estimate of drug-likeness (QED) is 0.556. The average molecular weight is 487 g/mol. The van der Waals surface area contributed by atoms with Crippen molar-refractivity contribution in [3.8, 4) is 11.5 Å². The van der Waals surface area contributed by atoms with Crippen LogP contribution in [0.1, 0.15) is 11.6 Å². The molecule has 2 aromatic rings. The number of hydrogen-bond donors (Lipinski definition) is 0.